The van der Waals surface area contributed by atoms with E-state index < -0.39 is 0 Å². The molecule has 0 saturated heterocycles. The fourth-order valence-electron chi connectivity index (χ4n) is 1.02. The average Bonchev–Trinajstić information content (AvgIpc) is 2.47. The summed E-state index contributed by atoms with van der Waals surface area (Å²) in [4.78, 5) is 6.48. The van der Waals surface area contributed by atoms with Crippen LogP contribution in [-0.2, 0) is 0 Å². The standard InChI is InChI=1S/C7H7N3O/c1-11-10-7-5-3-2-4-6(7)8-9-10/h2-5H,1H3/p+1. The number of hydrogen-bond acceptors (Lipinski definition) is 2. The lowest BCUT2D eigenvalue weighted by atomic mass is 10.3. The van der Waals surface area contributed by atoms with E-state index in [1.807, 2.05) is 24.3 Å². The van der Waals surface area contributed by atoms with E-state index in [-0.39, 0.29) is 0 Å². The predicted molar refractivity (Wildman–Crippen MR) is 38.8 cm³/mol. The maximum absolute atomic E-state index is 4.97. The Morgan fingerprint density at radius 2 is 2.27 bits per heavy atom. The van der Waals surface area contributed by atoms with Gasteiger partial charge in [0.05, 0.1) is 0 Å². The number of benzene rings is 1. The molecule has 0 saturated carbocycles. The van der Waals surface area contributed by atoms with Crippen LogP contribution >= 0.6 is 0 Å². The van der Waals surface area contributed by atoms with Crippen molar-refractivity contribution in [2.24, 2.45) is 0 Å². The van der Waals surface area contributed by atoms with E-state index in [2.05, 4.69) is 10.3 Å². The van der Waals surface area contributed by atoms with Crippen molar-refractivity contribution in [3.63, 3.8) is 0 Å². The summed E-state index contributed by atoms with van der Waals surface area (Å²) >= 11 is 0. The smallest absolute Gasteiger partial charge is 0.253 e. The van der Waals surface area contributed by atoms with Gasteiger partial charge in [-0.15, -0.1) is 0 Å². The summed E-state index contributed by atoms with van der Waals surface area (Å²) < 4.78 is 0. The molecule has 0 atom stereocenters. The van der Waals surface area contributed by atoms with Crippen LogP contribution in [-0.4, -0.2) is 17.4 Å². The Balaban J connectivity index is 2.76. The summed E-state index contributed by atoms with van der Waals surface area (Å²) in [7, 11) is 1.59. The first-order valence-corrected chi connectivity index (χ1v) is 3.31. The molecule has 0 bridgehead atoms. The molecule has 1 heterocycles. The average molecular weight is 150 g/mol. The summed E-state index contributed by atoms with van der Waals surface area (Å²) in [6.07, 6.45) is 0. The zero-order valence-electron chi connectivity index (χ0n) is 6.11. The topological polar surface area (TPSA) is 41.8 Å². The summed E-state index contributed by atoms with van der Waals surface area (Å²) in [6, 6.07) is 7.72. The number of rotatable bonds is 1. The van der Waals surface area contributed by atoms with Gasteiger partial charge in [0.15, 0.2) is 0 Å². The lowest BCUT2D eigenvalue weighted by molar-refractivity contribution is -0.911. The third-order valence-corrected chi connectivity index (χ3v) is 1.54. The van der Waals surface area contributed by atoms with E-state index in [4.69, 9.17) is 4.84 Å². The zero-order valence-corrected chi connectivity index (χ0v) is 6.11. The lowest BCUT2D eigenvalue weighted by Gasteiger charge is -1.87. The highest BCUT2D eigenvalue weighted by atomic mass is 16.7. The van der Waals surface area contributed by atoms with Crippen LogP contribution < -0.4 is 9.68 Å². The summed E-state index contributed by atoms with van der Waals surface area (Å²) in [6.45, 7) is 0. The van der Waals surface area contributed by atoms with Gasteiger partial charge in [-0.25, -0.2) is 0 Å². The monoisotopic (exact) mass is 150 g/mol. The van der Waals surface area contributed by atoms with E-state index in [0.29, 0.717) is 0 Å². The highest BCUT2D eigenvalue weighted by Crippen LogP contribution is 2.02. The molecule has 1 N–H and O–H groups in total. The number of aromatic amines is 1. The molecule has 0 spiro atoms. The minimum Gasteiger partial charge on any atom is -0.320 e. The molecule has 0 aliphatic rings. The first-order valence-electron chi connectivity index (χ1n) is 3.31. The van der Waals surface area contributed by atoms with E-state index in [1.165, 1.54) is 4.85 Å². The van der Waals surface area contributed by atoms with E-state index in [1.54, 1.807) is 7.11 Å². The van der Waals surface area contributed by atoms with Crippen molar-refractivity contribution in [3.05, 3.63) is 24.3 Å². The SMILES string of the molecule is CO[n+]1[nH]nc2ccccc21. The van der Waals surface area contributed by atoms with Crippen LogP contribution in [0, 0.1) is 0 Å². The Morgan fingerprint density at radius 1 is 1.45 bits per heavy atom. The number of H-pyrrole nitrogens is 1. The Kier molecular flexibility index (Phi) is 1.25. The largest absolute Gasteiger partial charge is 0.320 e. The third-order valence-electron chi connectivity index (χ3n) is 1.54. The maximum Gasteiger partial charge on any atom is 0.253 e. The molecule has 4 nitrogen and oxygen atoms in total. The first kappa shape index (κ1) is 6.15. The number of para-hydroxylation sites is 2. The van der Waals surface area contributed by atoms with E-state index in [0.717, 1.165) is 11.0 Å². The third kappa shape index (κ3) is 0.832. The molecule has 2 rings (SSSR count). The van der Waals surface area contributed by atoms with Gasteiger partial charge in [-0.1, -0.05) is 12.1 Å². The molecule has 0 fully saturated rings. The van der Waals surface area contributed by atoms with Crippen LogP contribution in [0.25, 0.3) is 11.0 Å². The van der Waals surface area contributed by atoms with Crippen molar-refractivity contribution in [2.45, 2.75) is 0 Å². The summed E-state index contributed by atoms with van der Waals surface area (Å²) in [5.41, 5.74) is 1.84. The van der Waals surface area contributed by atoms with E-state index >= 15 is 0 Å². The van der Waals surface area contributed by atoms with Gasteiger partial charge in [0.2, 0.25) is 5.52 Å². The lowest BCUT2D eigenvalue weighted by Crippen LogP contribution is -2.42. The van der Waals surface area contributed by atoms with Gasteiger partial charge in [0.25, 0.3) is 5.52 Å². The molecule has 0 aliphatic heterocycles. The predicted octanol–water partition coefficient (Wildman–Crippen LogP) is -0.0912. The first-order chi connectivity index (χ1) is 5.42. The van der Waals surface area contributed by atoms with Crippen LogP contribution in [0.1, 0.15) is 0 Å². The molecule has 0 radical (unpaired) electrons. The van der Waals surface area contributed by atoms with Gasteiger partial charge in [0, 0.05) is 9.94 Å². The van der Waals surface area contributed by atoms with E-state index in [9.17, 15) is 0 Å². The van der Waals surface area contributed by atoms with Crippen LogP contribution in [0.5, 0.6) is 0 Å². The highest BCUT2D eigenvalue weighted by molar-refractivity contribution is 5.69. The molecule has 11 heavy (non-hydrogen) atoms. The van der Waals surface area contributed by atoms with Gasteiger partial charge < -0.3 is 4.84 Å². The maximum atomic E-state index is 4.97. The minimum absolute atomic E-state index is 0.898. The molecular formula is C7H8N3O+. The number of aromatic nitrogens is 3. The molecule has 0 unspecified atom stereocenters. The minimum atomic E-state index is 0.898. The molecule has 0 aliphatic carbocycles. The van der Waals surface area contributed by atoms with Gasteiger partial charge in [-0.2, -0.15) is 0 Å². The quantitative estimate of drug-likeness (QED) is 0.577. The van der Waals surface area contributed by atoms with Gasteiger partial charge in [0.1, 0.15) is 7.11 Å². The second-order valence-electron chi connectivity index (χ2n) is 2.18. The molecular weight excluding hydrogens is 142 g/mol. The van der Waals surface area contributed by atoms with Crippen LogP contribution in [0.3, 0.4) is 0 Å². The molecule has 56 valence electrons. The molecule has 1 aromatic carbocycles. The van der Waals surface area contributed by atoms with Crippen molar-refractivity contribution >= 4 is 11.0 Å². The Bertz CT molecular complexity index is 368. The molecule has 0 amide bonds. The van der Waals surface area contributed by atoms with Crippen molar-refractivity contribution in [3.8, 4) is 0 Å². The number of hydrogen-bond donors (Lipinski definition) is 1. The van der Waals surface area contributed by atoms with Crippen molar-refractivity contribution in [1.29, 1.82) is 0 Å². The molecule has 2 aromatic rings. The Morgan fingerprint density at radius 3 is 3.09 bits per heavy atom. The Hall–Kier alpha value is -1.58. The molecule has 1 aromatic heterocycles. The summed E-state index contributed by atoms with van der Waals surface area (Å²) in [5, 5.41) is 6.71. The number of nitrogens with zero attached hydrogens (tertiary/aromatic N) is 2. The normalized spacial score (nSPS) is 10.3. The highest BCUT2D eigenvalue weighted by Gasteiger charge is 2.09. The molecule has 4 heteroatoms. The van der Waals surface area contributed by atoms with Crippen molar-refractivity contribution < 1.29 is 9.68 Å². The fraction of sp³-hybridized carbons (Fsp3) is 0.143. The van der Waals surface area contributed by atoms with Crippen molar-refractivity contribution in [2.75, 3.05) is 7.11 Å². The van der Waals surface area contributed by atoms with Crippen LogP contribution in [0.2, 0.25) is 0 Å². The zero-order chi connectivity index (χ0) is 7.68. The van der Waals surface area contributed by atoms with Gasteiger partial charge in [-0.3, -0.25) is 0 Å². The number of fused-ring (bicyclic) bond motifs is 1. The number of nitrogens with one attached hydrogen (secondary N) is 1. The van der Waals surface area contributed by atoms with Crippen molar-refractivity contribution in [1.82, 2.24) is 10.3 Å². The fourth-order valence-corrected chi connectivity index (χ4v) is 1.02. The summed E-state index contributed by atoms with van der Waals surface area (Å²) in [5.74, 6) is 0. The Labute approximate surface area is 63.3 Å². The van der Waals surface area contributed by atoms with Gasteiger partial charge in [-0.05, 0) is 17.3 Å². The second kappa shape index (κ2) is 2.23. The van der Waals surface area contributed by atoms with Crippen LogP contribution in [0.4, 0.5) is 0 Å². The van der Waals surface area contributed by atoms with Gasteiger partial charge >= 0.3 is 0 Å². The van der Waals surface area contributed by atoms with Crippen LogP contribution in [0.15, 0.2) is 24.3 Å². The second-order valence-corrected chi connectivity index (χ2v) is 2.18.